The number of hydrogen-bond acceptors (Lipinski definition) is 5. The number of phenols is 1. The van der Waals surface area contributed by atoms with Crippen molar-refractivity contribution >= 4 is 11.9 Å². The zero-order valence-electron chi connectivity index (χ0n) is 10.6. The minimum absolute atomic E-state index is 0.121. The number of rotatable bonds is 6. The van der Waals surface area contributed by atoms with Gasteiger partial charge in [-0.1, -0.05) is 12.1 Å². The van der Waals surface area contributed by atoms with Crippen molar-refractivity contribution in [1.82, 2.24) is 5.32 Å². The molecule has 0 saturated carbocycles. The molecule has 0 aromatic heterocycles. The Labute approximate surface area is 111 Å². The van der Waals surface area contributed by atoms with Gasteiger partial charge < -0.3 is 20.3 Å². The number of carbonyl (C=O) groups excluding carboxylic acids is 2. The highest BCUT2D eigenvalue weighted by molar-refractivity contribution is 5.85. The molecular formula is C13H17NO5. The first kappa shape index (κ1) is 15.0. The van der Waals surface area contributed by atoms with E-state index in [0.717, 1.165) is 5.56 Å². The second-order valence-corrected chi connectivity index (χ2v) is 3.90. The number of benzene rings is 1. The molecule has 0 fully saturated rings. The van der Waals surface area contributed by atoms with Crippen molar-refractivity contribution in [3.63, 3.8) is 0 Å². The average Bonchev–Trinajstić information content (AvgIpc) is 2.40. The number of ether oxygens (including phenoxy) is 1. The number of carbonyl (C=O) groups is 2. The first-order chi connectivity index (χ1) is 9.06. The van der Waals surface area contributed by atoms with Crippen LogP contribution in [-0.2, 0) is 20.7 Å². The van der Waals surface area contributed by atoms with Crippen LogP contribution in [0.25, 0.3) is 0 Å². The molecule has 1 atom stereocenters. The number of hydrogen-bond donors (Lipinski definition) is 3. The van der Waals surface area contributed by atoms with Gasteiger partial charge in [0.05, 0.1) is 6.61 Å². The van der Waals surface area contributed by atoms with E-state index in [9.17, 15) is 14.7 Å². The van der Waals surface area contributed by atoms with E-state index in [-0.39, 0.29) is 18.8 Å². The Kier molecular flexibility index (Phi) is 5.81. The van der Waals surface area contributed by atoms with Gasteiger partial charge in [0.2, 0.25) is 5.91 Å². The third-order valence-electron chi connectivity index (χ3n) is 2.43. The first-order valence-corrected chi connectivity index (χ1v) is 5.91. The van der Waals surface area contributed by atoms with Gasteiger partial charge in [0.1, 0.15) is 18.4 Å². The van der Waals surface area contributed by atoms with Crippen molar-refractivity contribution in [3.05, 3.63) is 29.8 Å². The number of phenolic OH excluding ortho intramolecular Hbond substituents is 1. The standard InChI is InChI=1S/C13H17NO5/c1-2-19-13(18)11(14-12(17)8-15)7-9-3-5-10(16)6-4-9/h3-6,11,15-16H,2,7-8H2,1H3,(H,14,17)/t11-/m0/s1. The predicted octanol–water partition coefficient (Wildman–Crippen LogP) is -0.0251. The third-order valence-corrected chi connectivity index (χ3v) is 2.43. The van der Waals surface area contributed by atoms with Crippen LogP contribution >= 0.6 is 0 Å². The molecule has 1 rings (SSSR count). The van der Waals surface area contributed by atoms with Crippen LogP contribution in [0, 0.1) is 0 Å². The van der Waals surface area contributed by atoms with E-state index >= 15 is 0 Å². The Balaban J connectivity index is 2.75. The number of aliphatic hydroxyl groups excluding tert-OH is 1. The molecule has 104 valence electrons. The van der Waals surface area contributed by atoms with Crippen LogP contribution in [0.15, 0.2) is 24.3 Å². The van der Waals surface area contributed by atoms with E-state index in [1.807, 2.05) is 0 Å². The lowest BCUT2D eigenvalue weighted by molar-refractivity contribution is -0.147. The van der Waals surface area contributed by atoms with Crippen LogP contribution in [0.4, 0.5) is 0 Å². The Hall–Kier alpha value is -2.08. The van der Waals surface area contributed by atoms with Crippen molar-refractivity contribution in [2.45, 2.75) is 19.4 Å². The predicted molar refractivity (Wildman–Crippen MR) is 67.5 cm³/mol. The summed E-state index contributed by atoms with van der Waals surface area (Å²) >= 11 is 0. The van der Waals surface area contributed by atoms with Gasteiger partial charge in [0.25, 0.3) is 0 Å². The highest BCUT2D eigenvalue weighted by atomic mass is 16.5. The second-order valence-electron chi connectivity index (χ2n) is 3.90. The number of amides is 1. The summed E-state index contributed by atoms with van der Waals surface area (Å²) in [5.74, 6) is -1.08. The highest BCUT2D eigenvalue weighted by Gasteiger charge is 2.22. The number of nitrogens with one attached hydrogen (secondary N) is 1. The molecule has 0 bridgehead atoms. The first-order valence-electron chi connectivity index (χ1n) is 5.91. The number of aromatic hydroxyl groups is 1. The van der Waals surface area contributed by atoms with E-state index < -0.39 is 24.5 Å². The van der Waals surface area contributed by atoms with E-state index in [4.69, 9.17) is 9.84 Å². The lowest BCUT2D eigenvalue weighted by Crippen LogP contribution is -2.44. The molecule has 6 nitrogen and oxygen atoms in total. The fraction of sp³-hybridized carbons (Fsp3) is 0.385. The molecule has 1 aromatic rings. The van der Waals surface area contributed by atoms with Crippen molar-refractivity contribution in [2.24, 2.45) is 0 Å². The van der Waals surface area contributed by atoms with Crippen molar-refractivity contribution in [2.75, 3.05) is 13.2 Å². The molecule has 0 aliphatic rings. The van der Waals surface area contributed by atoms with Crippen LogP contribution < -0.4 is 5.32 Å². The van der Waals surface area contributed by atoms with Crippen molar-refractivity contribution < 1.29 is 24.5 Å². The fourth-order valence-electron chi connectivity index (χ4n) is 1.54. The van der Waals surface area contributed by atoms with Crippen molar-refractivity contribution in [3.8, 4) is 5.75 Å². The maximum atomic E-state index is 11.7. The summed E-state index contributed by atoms with van der Waals surface area (Å²) in [5, 5.41) is 20.3. The van der Waals surface area contributed by atoms with E-state index in [1.54, 1.807) is 19.1 Å². The van der Waals surface area contributed by atoms with Gasteiger partial charge in [0, 0.05) is 6.42 Å². The van der Waals surface area contributed by atoms with Gasteiger partial charge in [-0.05, 0) is 24.6 Å². The lowest BCUT2D eigenvalue weighted by Gasteiger charge is -2.16. The van der Waals surface area contributed by atoms with Gasteiger partial charge in [-0.2, -0.15) is 0 Å². The van der Waals surface area contributed by atoms with Gasteiger partial charge in [-0.3, -0.25) is 4.79 Å². The zero-order chi connectivity index (χ0) is 14.3. The Morgan fingerprint density at radius 3 is 2.47 bits per heavy atom. The lowest BCUT2D eigenvalue weighted by atomic mass is 10.1. The summed E-state index contributed by atoms with van der Waals surface area (Å²) in [6.45, 7) is 1.19. The van der Waals surface area contributed by atoms with E-state index in [0.29, 0.717) is 0 Å². The molecule has 1 aromatic carbocycles. The number of esters is 1. The average molecular weight is 267 g/mol. The molecule has 0 saturated heterocycles. The normalized spacial score (nSPS) is 11.7. The molecule has 1 amide bonds. The largest absolute Gasteiger partial charge is 0.508 e. The maximum Gasteiger partial charge on any atom is 0.328 e. The van der Waals surface area contributed by atoms with Crippen LogP contribution in [0.5, 0.6) is 5.75 Å². The minimum atomic E-state index is -0.857. The molecule has 0 heterocycles. The minimum Gasteiger partial charge on any atom is -0.508 e. The number of aliphatic hydroxyl groups is 1. The van der Waals surface area contributed by atoms with Crippen LogP contribution in [-0.4, -0.2) is 41.3 Å². The summed E-state index contributed by atoms with van der Waals surface area (Å²) in [5.41, 5.74) is 0.758. The Bertz CT molecular complexity index is 429. The molecule has 0 aliphatic carbocycles. The Morgan fingerprint density at radius 1 is 1.32 bits per heavy atom. The summed E-state index contributed by atoms with van der Waals surface area (Å²) in [4.78, 5) is 22.9. The fourth-order valence-corrected chi connectivity index (χ4v) is 1.54. The highest BCUT2D eigenvalue weighted by Crippen LogP contribution is 2.11. The smallest absolute Gasteiger partial charge is 0.328 e. The summed E-state index contributed by atoms with van der Waals surface area (Å²) in [7, 11) is 0. The third kappa shape index (κ3) is 4.97. The maximum absolute atomic E-state index is 11.7. The molecule has 0 unspecified atom stereocenters. The zero-order valence-corrected chi connectivity index (χ0v) is 10.6. The molecule has 6 heteroatoms. The van der Waals surface area contributed by atoms with E-state index in [2.05, 4.69) is 5.32 Å². The molecule has 0 spiro atoms. The molecule has 0 radical (unpaired) electrons. The summed E-state index contributed by atoms with van der Waals surface area (Å²) < 4.78 is 4.86. The van der Waals surface area contributed by atoms with Crippen molar-refractivity contribution in [1.29, 1.82) is 0 Å². The van der Waals surface area contributed by atoms with Crippen LogP contribution in [0.1, 0.15) is 12.5 Å². The molecular weight excluding hydrogens is 250 g/mol. The molecule has 19 heavy (non-hydrogen) atoms. The van der Waals surface area contributed by atoms with E-state index in [1.165, 1.54) is 12.1 Å². The molecule has 0 aliphatic heterocycles. The van der Waals surface area contributed by atoms with Crippen LogP contribution in [0.3, 0.4) is 0 Å². The summed E-state index contributed by atoms with van der Waals surface area (Å²) in [6, 6.07) is 5.42. The summed E-state index contributed by atoms with van der Waals surface area (Å²) in [6.07, 6.45) is 0.227. The van der Waals surface area contributed by atoms with Crippen LogP contribution in [0.2, 0.25) is 0 Å². The Morgan fingerprint density at radius 2 is 1.95 bits per heavy atom. The van der Waals surface area contributed by atoms with Gasteiger partial charge >= 0.3 is 5.97 Å². The monoisotopic (exact) mass is 267 g/mol. The SMILES string of the molecule is CCOC(=O)[C@H](Cc1ccc(O)cc1)NC(=O)CO. The molecule has 3 N–H and O–H groups in total. The van der Waals surface area contributed by atoms with Gasteiger partial charge in [0.15, 0.2) is 0 Å². The quantitative estimate of drug-likeness (QED) is 0.629. The van der Waals surface area contributed by atoms with Gasteiger partial charge in [-0.15, -0.1) is 0 Å². The van der Waals surface area contributed by atoms with Gasteiger partial charge in [-0.25, -0.2) is 4.79 Å². The second kappa shape index (κ2) is 7.38. The topological polar surface area (TPSA) is 95.9 Å².